The summed E-state index contributed by atoms with van der Waals surface area (Å²) in [6, 6.07) is 0. The Balaban J connectivity index is 2.02. The molecule has 3 fully saturated rings. The Morgan fingerprint density at radius 3 is 2.65 bits per heavy atom. The highest BCUT2D eigenvalue weighted by Crippen LogP contribution is 2.65. The molecule has 3 heteroatoms. The third-order valence-electron chi connectivity index (χ3n) is 6.42. The molecule has 3 rings (SSSR count). The van der Waals surface area contributed by atoms with Crippen molar-refractivity contribution in [1.29, 1.82) is 0 Å². The first-order valence-corrected chi connectivity index (χ1v) is 7.88. The summed E-state index contributed by atoms with van der Waals surface area (Å²) in [6.45, 7) is 10.2. The van der Waals surface area contributed by atoms with Gasteiger partial charge in [-0.05, 0) is 37.0 Å². The molecule has 3 atom stereocenters. The summed E-state index contributed by atoms with van der Waals surface area (Å²) in [5.41, 5.74) is 1.14. The van der Waals surface area contributed by atoms with Crippen molar-refractivity contribution < 1.29 is 14.3 Å². The number of hydrogen-bond acceptors (Lipinski definition) is 3. The summed E-state index contributed by atoms with van der Waals surface area (Å²) in [5, 5.41) is 0. The van der Waals surface area contributed by atoms with Crippen molar-refractivity contribution in [1.82, 2.24) is 0 Å². The monoisotopic (exact) mass is 278 g/mol. The van der Waals surface area contributed by atoms with Crippen molar-refractivity contribution in [3.8, 4) is 0 Å². The second-order valence-corrected chi connectivity index (χ2v) is 7.20. The summed E-state index contributed by atoms with van der Waals surface area (Å²) in [4.78, 5) is 11.2. The summed E-state index contributed by atoms with van der Waals surface area (Å²) in [7, 11) is 0. The second-order valence-electron chi connectivity index (χ2n) is 7.20. The van der Waals surface area contributed by atoms with Gasteiger partial charge in [-0.2, -0.15) is 0 Å². The van der Waals surface area contributed by atoms with Gasteiger partial charge in [0.15, 0.2) is 5.79 Å². The van der Waals surface area contributed by atoms with Crippen LogP contribution in [0.15, 0.2) is 12.2 Å². The molecule has 1 spiro atoms. The van der Waals surface area contributed by atoms with Crippen molar-refractivity contribution in [3.05, 3.63) is 12.2 Å². The average molecular weight is 278 g/mol. The first-order valence-electron chi connectivity index (χ1n) is 7.88. The van der Waals surface area contributed by atoms with Gasteiger partial charge in [0.05, 0.1) is 13.2 Å². The smallest absolute Gasteiger partial charge is 0.174 e. The number of aldehydes is 1. The van der Waals surface area contributed by atoms with E-state index in [1.807, 2.05) is 0 Å². The van der Waals surface area contributed by atoms with Gasteiger partial charge in [-0.3, -0.25) is 0 Å². The lowest BCUT2D eigenvalue weighted by atomic mass is 9.47. The van der Waals surface area contributed by atoms with Crippen LogP contribution in [0.4, 0.5) is 0 Å². The number of fused-ring (bicyclic) bond motifs is 2. The molecule has 112 valence electrons. The van der Waals surface area contributed by atoms with E-state index in [9.17, 15) is 4.79 Å². The predicted molar refractivity (Wildman–Crippen MR) is 77.2 cm³/mol. The zero-order valence-corrected chi connectivity index (χ0v) is 12.7. The average Bonchev–Trinajstić information content (AvgIpc) is 2.88. The van der Waals surface area contributed by atoms with Gasteiger partial charge in [0.2, 0.25) is 0 Å². The Labute approximate surface area is 121 Å². The van der Waals surface area contributed by atoms with Crippen LogP contribution < -0.4 is 0 Å². The molecule has 0 aromatic carbocycles. The standard InChI is InChI=1S/C17H26O3/c1-13-6-8-16(3)14(15(13,2)9-10-18)5-4-7-17(16)19-11-12-20-17/h10,14H,1,4-9,11-12H2,2-3H3/t14-,15+,16-/m1/s1. The zero-order chi connectivity index (χ0) is 14.4. The molecule has 1 heterocycles. The quantitative estimate of drug-likeness (QED) is 0.573. The summed E-state index contributed by atoms with van der Waals surface area (Å²) >= 11 is 0. The van der Waals surface area contributed by atoms with E-state index in [4.69, 9.17) is 9.47 Å². The van der Waals surface area contributed by atoms with Crippen LogP contribution in [0.2, 0.25) is 0 Å². The molecule has 0 N–H and O–H groups in total. The van der Waals surface area contributed by atoms with Crippen LogP contribution in [0.1, 0.15) is 52.4 Å². The number of ether oxygens (including phenoxy) is 2. The van der Waals surface area contributed by atoms with Crippen LogP contribution in [0.3, 0.4) is 0 Å². The molecule has 1 saturated heterocycles. The number of allylic oxidation sites excluding steroid dienone is 1. The maximum atomic E-state index is 11.2. The minimum absolute atomic E-state index is 0.000694. The summed E-state index contributed by atoms with van der Waals surface area (Å²) < 4.78 is 12.2. The van der Waals surface area contributed by atoms with Gasteiger partial charge in [-0.15, -0.1) is 0 Å². The molecule has 0 aromatic heterocycles. The van der Waals surface area contributed by atoms with Gasteiger partial charge in [0.25, 0.3) is 0 Å². The summed E-state index contributed by atoms with van der Waals surface area (Å²) in [5.74, 6) is 0.00844. The zero-order valence-electron chi connectivity index (χ0n) is 12.7. The molecule has 0 bridgehead atoms. The first-order chi connectivity index (χ1) is 9.48. The van der Waals surface area contributed by atoms with E-state index in [1.165, 1.54) is 5.57 Å². The number of hydrogen-bond donors (Lipinski definition) is 0. The van der Waals surface area contributed by atoms with Crippen LogP contribution in [0, 0.1) is 16.7 Å². The van der Waals surface area contributed by atoms with E-state index in [0.29, 0.717) is 25.6 Å². The van der Waals surface area contributed by atoms with Gasteiger partial charge < -0.3 is 14.3 Å². The van der Waals surface area contributed by atoms with Gasteiger partial charge in [0, 0.05) is 18.3 Å². The predicted octanol–water partition coefficient (Wildman–Crippen LogP) is 3.48. The third kappa shape index (κ3) is 1.69. The third-order valence-corrected chi connectivity index (χ3v) is 6.42. The highest BCUT2D eigenvalue weighted by molar-refractivity contribution is 5.52. The Morgan fingerprint density at radius 2 is 2.00 bits per heavy atom. The van der Waals surface area contributed by atoms with Crippen LogP contribution in [0.25, 0.3) is 0 Å². The van der Waals surface area contributed by atoms with E-state index in [1.54, 1.807) is 0 Å². The molecule has 0 radical (unpaired) electrons. The van der Waals surface area contributed by atoms with Crippen LogP contribution in [-0.2, 0) is 14.3 Å². The van der Waals surface area contributed by atoms with E-state index in [2.05, 4.69) is 20.4 Å². The fourth-order valence-electron chi connectivity index (χ4n) is 5.13. The van der Waals surface area contributed by atoms with Crippen molar-refractivity contribution in [3.63, 3.8) is 0 Å². The van der Waals surface area contributed by atoms with Crippen molar-refractivity contribution >= 4 is 6.29 Å². The molecule has 2 saturated carbocycles. The number of carbonyl (C=O) groups excluding carboxylic acids is 1. The van der Waals surface area contributed by atoms with Gasteiger partial charge in [-0.25, -0.2) is 0 Å². The lowest BCUT2D eigenvalue weighted by molar-refractivity contribution is -0.285. The maximum absolute atomic E-state index is 11.2. The minimum Gasteiger partial charge on any atom is -0.347 e. The second kappa shape index (κ2) is 4.67. The number of carbonyl (C=O) groups is 1. The molecule has 3 nitrogen and oxygen atoms in total. The molecule has 2 aliphatic carbocycles. The fraction of sp³-hybridized carbons (Fsp3) is 0.824. The SMILES string of the molecule is C=C1CC[C@]2(C)[C@H](CCCC23OCCO3)[C@@]1(C)CC=O. The number of rotatable bonds is 2. The van der Waals surface area contributed by atoms with E-state index in [0.717, 1.165) is 38.4 Å². The Hall–Kier alpha value is -0.670. The van der Waals surface area contributed by atoms with Crippen molar-refractivity contribution in [2.45, 2.75) is 58.2 Å². The van der Waals surface area contributed by atoms with E-state index >= 15 is 0 Å². The maximum Gasteiger partial charge on any atom is 0.174 e. The van der Waals surface area contributed by atoms with E-state index < -0.39 is 5.79 Å². The minimum atomic E-state index is -0.416. The first kappa shape index (κ1) is 14.3. The van der Waals surface area contributed by atoms with Crippen LogP contribution in [-0.4, -0.2) is 25.3 Å². The molecule has 0 unspecified atom stereocenters. The van der Waals surface area contributed by atoms with Crippen LogP contribution in [0.5, 0.6) is 0 Å². The van der Waals surface area contributed by atoms with Crippen molar-refractivity contribution in [2.75, 3.05) is 13.2 Å². The summed E-state index contributed by atoms with van der Waals surface area (Å²) in [6.07, 6.45) is 6.92. The lowest BCUT2D eigenvalue weighted by Crippen LogP contribution is -2.60. The van der Waals surface area contributed by atoms with E-state index in [-0.39, 0.29) is 10.8 Å². The van der Waals surface area contributed by atoms with Crippen LogP contribution >= 0.6 is 0 Å². The normalized spacial score (nSPS) is 43.5. The molecule has 0 aromatic rings. The van der Waals surface area contributed by atoms with Gasteiger partial charge in [0.1, 0.15) is 6.29 Å². The Morgan fingerprint density at radius 1 is 1.30 bits per heavy atom. The van der Waals surface area contributed by atoms with Gasteiger partial charge >= 0.3 is 0 Å². The fourth-order valence-corrected chi connectivity index (χ4v) is 5.13. The Bertz CT molecular complexity index is 424. The Kier molecular flexibility index (Phi) is 3.33. The highest BCUT2D eigenvalue weighted by atomic mass is 16.7. The highest BCUT2D eigenvalue weighted by Gasteiger charge is 2.64. The lowest BCUT2D eigenvalue weighted by Gasteiger charge is -2.61. The molecule has 20 heavy (non-hydrogen) atoms. The molecule has 3 aliphatic rings. The molecule has 1 aliphatic heterocycles. The van der Waals surface area contributed by atoms with Gasteiger partial charge in [-0.1, -0.05) is 26.0 Å². The molecule has 0 amide bonds. The molecular formula is C17H26O3. The topological polar surface area (TPSA) is 35.5 Å². The molecular weight excluding hydrogens is 252 g/mol. The van der Waals surface area contributed by atoms with Crippen molar-refractivity contribution in [2.24, 2.45) is 16.7 Å². The largest absolute Gasteiger partial charge is 0.347 e.